The summed E-state index contributed by atoms with van der Waals surface area (Å²) in [6.45, 7) is 2.53. The van der Waals surface area contributed by atoms with Gasteiger partial charge < -0.3 is 4.74 Å². The number of hydrogen-bond donors (Lipinski definition) is 0. The molecule has 0 atom stereocenters. The number of halogens is 2. The molecule has 17 heavy (non-hydrogen) atoms. The van der Waals surface area contributed by atoms with Crippen LogP contribution in [0, 0.1) is 5.82 Å². The lowest BCUT2D eigenvalue weighted by Gasteiger charge is -2.16. The van der Waals surface area contributed by atoms with Crippen LogP contribution in [0.5, 0.6) is 0 Å². The highest BCUT2D eigenvalue weighted by Gasteiger charge is 2.10. The fourth-order valence-electron chi connectivity index (χ4n) is 1.44. The van der Waals surface area contributed by atoms with Gasteiger partial charge in [-0.3, -0.25) is 9.69 Å². The van der Waals surface area contributed by atoms with E-state index in [0.717, 1.165) is 0 Å². The van der Waals surface area contributed by atoms with Gasteiger partial charge in [0.2, 0.25) is 0 Å². The summed E-state index contributed by atoms with van der Waals surface area (Å²) in [6, 6.07) is 4.36. The second kappa shape index (κ2) is 6.57. The first kappa shape index (κ1) is 13.9. The van der Waals surface area contributed by atoms with E-state index in [4.69, 9.17) is 16.3 Å². The Hall–Kier alpha value is -1.13. The van der Waals surface area contributed by atoms with Crippen LogP contribution in [-0.4, -0.2) is 31.1 Å². The molecule has 94 valence electrons. The highest BCUT2D eigenvalue weighted by molar-refractivity contribution is 6.30. The summed E-state index contributed by atoms with van der Waals surface area (Å²) in [4.78, 5) is 12.9. The third-order valence-corrected chi connectivity index (χ3v) is 2.39. The third kappa shape index (κ3) is 4.71. The molecule has 0 unspecified atom stereocenters. The summed E-state index contributed by atoms with van der Waals surface area (Å²) >= 11 is 5.78. The summed E-state index contributed by atoms with van der Waals surface area (Å²) in [5.41, 5.74) is 0.462. The average molecular weight is 260 g/mol. The molecular formula is C12H15ClFNO2. The van der Waals surface area contributed by atoms with Gasteiger partial charge in [-0.1, -0.05) is 11.6 Å². The Bertz CT molecular complexity index is 398. The molecule has 0 bridgehead atoms. The predicted octanol–water partition coefficient (Wildman–Crippen LogP) is 2.47. The highest BCUT2D eigenvalue weighted by Crippen LogP contribution is 2.16. The standard InChI is InChI=1S/C12H15ClFNO2/c1-3-17-12(16)8-15(2)7-9-6-10(13)4-5-11(9)14/h4-6H,3,7-8H2,1-2H3. The maximum atomic E-state index is 13.4. The van der Waals surface area contributed by atoms with Gasteiger partial charge in [-0.2, -0.15) is 0 Å². The zero-order valence-corrected chi connectivity index (χ0v) is 10.6. The van der Waals surface area contributed by atoms with Crippen molar-refractivity contribution in [2.75, 3.05) is 20.2 Å². The van der Waals surface area contributed by atoms with Gasteiger partial charge in [-0.05, 0) is 32.2 Å². The molecule has 5 heteroatoms. The molecule has 0 spiro atoms. The number of ether oxygens (including phenoxy) is 1. The lowest BCUT2D eigenvalue weighted by Crippen LogP contribution is -2.27. The van der Waals surface area contributed by atoms with Gasteiger partial charge in [0, 0.05) is 17.1 Å². The van der Waals surface area contributed by atoms with Gasteiger partial charge in [0.15, 0.2) is 0 Å². The van der Waals surface area contributed by atoms with E-state index in [1.807, 2.05) is 0 Å². The van der Waals surface area contributed by atoms with Crippen LogP contribution in [-0.2, 0) is 16.1 Å². The molecule has 3 nitrogen and oxygen atoms in total. The van der Waals surface area contributed by atoms with E-state index in [9.17, 15) is 9.18 Å². The van der Waals surface area contributed by atoms with Crippen molar-refractivity contribution in [2.24, 2.45) is 0 Å². The molecule has 0 heterocycles. The van der Waals surface area contributed by atoms with Crippen LogP contribution in [0.15, 0.2) is 18.2 Å². The molecule has 1 aromatic carbocycles. The first-order chi connectivity index (χ1) is 8.02. The summed E-state index contributed by atoms with van der Waals surface area (Å²) in [5, 5.41) is 0.478. The lowest BCUT2D eigenvalue weighted by atomic mass is 10.2. The third-order valence-electron chi connectivity index (χ3n) is 2.15. The van der Waals surface area contributed by atoms with Gasteiger partial charge in [0.1, 0.15) is 5.82 Å². The second-order valence-electron chi connectivity index (χ2n) is 3.71. The number of nitrogens with zero attached hydrogens (tertiary/aromatic N) is 1. The van der Waals surface area contributed by atoms with E-state index >= 15 is 0 Å². The second-order valence-corrected chi connectivity index (χ2v) is 4.15. The normalized spacial score (nSPS) is 10.6. The Balaban J connectivity index is 2.58. The van der Waals surface area contributed by atoms with Crippen molar-refractivity contribution in [3.05, 3.63) is 34.6 Å². The number of carbonyl (C=O) groups excluding carboxylic acids is 1. The quantitative estimate of drug-likeness (QED) is 0.761. The van der Waals surface area contributed by atoms with E-state index in [0.29, 0.717) is 23.7 Å². The molecule has 0 amide bonds. The van der Waals surface area contributed by atoms with Crippen molar-refractivity contribution in [3.63, 3.8) is 0 Å². The van der Waals surface area contributed by atoms with Crippen LogP contribution in [0.2, 0.25) is 5.02 Å². The summed E-state index contributed by atoms with van der Waals surface area (Å²) < 4.78 is 18.2. The zero-order chi connectivity index (χ0) is 12.8. The summed E-state index contributed by atoms with van der Waals surface area (Å²) in [6.07, 6.45) is 0. The first-order valence-electron chi connectivity index (χ1n) is 5.31. The summed E-state index contributed by atoms with van der Waals surface area (Å²) in [5.74, 6) is -0.650. The van der Waals surface area contributed by atoms with Crippen LogP contribution in [0.25, 0.3) is 0 Å². The fourth-order valence-corrected chi connectivity index (χ4v) is 1.63. The van der Waals surface area contributed by atoms with Gasteiger partial charge >= 0.3 is 5.97 Å². The van der Waals surface area contributed by atoms with Crippen LogP contribution in [0.1, 0.15) is 12.5 Å². The maximum absolute atomic E-state index is 13.4. The Morgan fingerprint density at radius 1 is 1.53 bits per heavy atom. The number of hydrogen-bond acceptors (Lipinski definition) is 3. The van der Waals surface area contributed by atoms with Crippen LogP contribution < -0.4 is 0 Å². The van der Waals surface area contributed by atoms with Crippen LogP contribution >= 0.6 is 11.6 Å². The molecule has 0 fully saturated rings. The molecule has 0 radical (unpaired) electrons. The van der Waals surface area contributed by atoms with Crippen molar-refractivity contribution >= 4 is 17.6 Å². The Labute approximate surface area is 105 Å². The number of likely N-dealkylation sites (N-methyl/N-ethyl adjacent to an activating group) is 1. The van der Waals surface area contributed by atoms with E-state index in [1.54, 1.807) is 24.9 Å². The van der Waals surface area contributed by atoms with Crippen molar-refractivity contribution in [1.29, 1.82) is 0 Å². The molecule has 0 aliphatic carbocycles. The molecule has 0 aromatic heterocycles. The molecule has 0 N–H and O–H groups in total. The van der Waals surface area contributed by atoms with Gasteiger partial charge in [0.05, 0.1) is 13.2 Å². The monoisotopic (exact) mass is 259 g/mol. The molecule has 0 aliphatic rings. The first-order valence-corrected chi connectivity index (χ1v) is 5.68. The van der Waals surface area contributed by atoms with Gasteiger partial charge in [-0.25, -0.2) is 4.39 Å². The van der Waals surface area contributed by atoms with Crippen LogP contribution in [0.4, 0.5) is 4.39 Å². The van der Waals surface area contributed by atoms with Gasteiger partial charge in [0.25, 0.3) is 0 Å². The number of esters is 1. The Morgan fingerprint density at radius 2 is 2.24 bits per heavy atom. The number of benzene rings is 1. The minimum Gasteiger partial charge on any atom is -0.465 e. The van der Waals surface area contributed by atoms with Crippen molar-refractivity contribution in [3.8, 4) is 0 Å². The molecular weight excluding hydrogens is 245 g/mol. The minimum absolute atomic E-state index is 0.125. The SMILES string of the molecule is CCOC(=O)CN(C)Cc1cc(Cl)ccc1F. The Kier molecular flexibility index (Phi) is 5.38. The maximum Gasteiger partial charge on any atom is 0.320 e. The minimum atomic E-state index is -0.329. The van der Waals surface area contributed by atoms with Crippen molar-refractivity contribution in [1.82, 2.24) is 4.90 Å². The number of rotatable bonds is 5. The van der Waals surface area contributed by atoms with Crippen molar-refractivity contribution < 1.29 is 13.9 Å². The molecule has 0 aliphatic heterocycles. The average Bonchev–Trinajstić information content (AvgIpc) is 2.23. The van der Waals surface area contributed by atoms with E-state index in [1.165, 1.54) is 12.1 Å². The molecule has 1 rings (SSSR count). The highest BCUT2D eigenvalue weighted by atomic mass is 35.5. The smallest absolute Gasteiger partial charge is 0.320 e. The summed E-state index contributed by atoms with van der Waals surface area (Å²) in [7, 11) is 1.72. The van der Waals surface area contributed by atoms with Gasteiger partial charge in [-0.15, -0.1) is 0 Å². The van der Waals surface area contributed by atoms with E-state index < -0.39 is 0 Å². The number of carbonyl (C=O) groups is 1. The van der Waals surface area contributed by atoms with E-state index in [2.05, 4.69) is 0 Å². The zero-order valence-electron chi connectivity index (χ0n) is 9.87. The van der Waals surface area contributed by atoms with Crippen molar-refractivity contribution in [2.45, 2.75) is 13.5 Å². The lowest BCUT2D eigenvalue weighted by molar-refractivity contribution is -0.144. The topological polar surface area (TPSA) is 29.5 Å². The fraction of sp³-hybridized carbons (Fsp3) is 0.417. The predicted molar refractivity (Wildman–Crippen MR) is 64.4 cm³/mol. The molecule has 0 saturated carbocycles. The van der Waals surface area contributed by atoms with E-state index in [-0.39, 0.29) is 18.3 Å². The van der Waals surface area contributed by atoms with Crippen LogP contribution in [0.3, 0.4) is 0 Å². The largest absolute Gasteiger partial charge is 0.465 e. The molecule has 1 aromatic rings. The molecule has 0 saturated heterocycles. The Morgan fingerprint density at radius 3 is 2.88 bits per heavy atom.